The lowest BCUT2D eigenvalue weighted by molar-refractivity contribution is -0.122. The Bertz CT molecular complexity index is 348. The van der Waals surface area contributed by atoms with E-state index >= 15 is 0 Å². The maximum absolute atomic E-state index is 12.2. The van der Waals surface area contributed by atoms with Crippen LogP contribution in [0, 0.1) is 23.7 Å². The molecule has 3 rings (SSSR count). The lowest BCUT2D eigenvalue weighted by Gasteiger charge is -2.23. The molecule has 0 spiro atoms. The van der Waals surface area contributed by atoms with Crippen LogP contribution in [-0.4, -0.2) is 16.5 Å². The van der Waals surface area contributed by atoms with Crippen LogP contribution in [0.4, 0.5) is 0 Å². The maximum Gasteiger partial charge on any atom is 0.165 e. The van der Waals surface area contributed by atoms with Crippen molar-refractivity contribution < 1.29 is 9.90 Å². The van der Waals surface area contributed by atoms with Crippen LogP contribution in [0.3, 0.4) is 0 Å². The zero-order valence-corrected chi connectivity index (χ0v) is 9.36. The minimum Gasteiger partial charge on any atom is -0.386 e. The largest absolute Gasteiger partial charge is 0.386 e. The van der Waals surface area contributed by atoms with Crippen LogP contribution in [0.1, 0.15) is 33.1 Å². The van der Waals surface area contributed by atoms with E-state index in [1.54, 1.807) is 13.8 Å². The molecule has 2 fully saturated rings. The van der Waals surface area contributed by atoms with E-state index < -0.39 is 5.60 Å². The van der Waals surface area contributed by atoms with Gasteiger partial charge in [-0.25, -0.2) is 0 Å². The third kappa shape index (κ3) is 1.17. The number of carbonyl (C=O) groups is 1. The Hall–Kier alpha value is -0.630. The van der Waals surface area contributed by atoms with Crippen molar-refractivity contribution in [3.05, 3.63) is 11.6 Å². The molecule has 0 aromatic rings. The van der Waals surface area contributed by atoms with E-state index in [1.165, 1.54) is 19.3 Å². The van der Waals surface area contributed by atoms with Crippen molar-refractivity contribution in [3.8, 4) is 0 Å². The van der Waals surface area contributed by atoms with Crippen molar-refractivity contribution in [2.24, 2.45) is 23.7 Å². The van der Waals surface area contributed by atoms with E-state index in [-0.39, 0.29) is 11.7 Å². The molecule has 1 N–H and O–H groups in total. The molecule has 0 aromatic heterocycles. The molecule has 0 aromatic carbocycles. The molecular formula is C13H18O2. The van der Waals surface area contributed by atoms with Crippen LogP contribution < -0.4 is 0 Å². The Labute approximate surface area is 90.4 Å². The first-order valence-corrected chi connectivity index (χ1v) is 5.97. The van der Waals surface area contributed by atoms with Gasteiger partial charge in [0.25, 0.3) is 0 Å². The van der Waals surface area contributed by atoms with Gasteiger partial charge in [0.1, 0.15) is 0 Å². The monoisotopic (exact) mass is 206 g/mol. The van der Waals surface area contributed by atoms with Crippen molar-refractivity contribution in [3.63, 3.8) is 0 Å². The molecule has 3 aliphatic rings. The fourth-order valence-electron chi connectivity index (χ4n) is 3.92. The third-order valence-electron chi connectivity index (χ3n) is 4.57. The molecule has 15 heavy (non-hydrogen) atoms. The van der Waals surface area contributed by atoms with Gasteiger partial charge in [-0.3, -0.25) is 4.79 Å². The Morgan fingerprint density at radius 1 is 1.33 bits per heavy atom. The molecule has 4 atom stereocenters. The number of aliphatic hydroxyl groups is 1. The summed E-state index contributed by atoms with van der Waals surface area (Å²) in [6, 6.07) is 0. The first-order valence-electron chi connectivity index (χ1n) is 5.97. The summed E-state index contributed by atoms with van der Waals surface area (Å²) in [5.41, 5.74) is -0.268. The summed E-state index contributed by atoms with van der Waals surface area (Å²) in [6.07, 6.45) is 5.84. The summed E-state index contributed by atoms with van der Waals surface area (Å²) < 4.78 is 0. The molecule has 0 unspecified atom stereocenters. The van der Waals surface area contributed by atoms with E-state index in [2.05, 4.69) is 6.08 Å². The highest BCUT2D eigenvalue weighted by molar-refractivity contribution is 6.02. The highest BCUT2D eigenvalue weighted by Crippen LogP contribution is 2.57. The molecule has 82 valence electrons. The summed E-state index contributed by atoms with van der Waals surface area (Å²) >= 11 is 0. The number of fused-ring (bicyclic) bond motifs is 5. The van der Waals surface area contributed by atoms with E-state index in [1.807, 2.05) is 0 Å². The van der Waals surface area contributed by atoms with Gasteiger partial charge in [-0.05, 0) is 50.9 Å². The lowest BCUT2D eigenvalue weighted by atomic mass is 9.80. The zero-order valence-electron chi connectivity index (χ0n) is 9.36. The number of hydrogen-bond donors (Lipinski definition) is 1. The molecule has 0 aliphatic heterocycles. The molecule has 3 aliphatic carbocycles. The van der Waals surface area contributed by atoms with Gasteiger partial charge in [-0.15, -0.1) is 0 Å². The average molecular weight is 206 g/mol. The molecule has 2 saturated carbocycles. The summed E-state index contributed by atoms with van der Waals surface area (Å²) in [6.45, 7) is 3.44. The molecule has 0 heterocycles. The smallest absolute Gasteiger partial charge is 0.165 e. The minimum absolute atomic E-state index is 0.227. The molecule has 0 amide bonds. The third-order valence-corrected chi connectivity index (χ3v) is 4.57. The normalized spacial score (nSPS) is 43.4. The molecule has 2 nitrogen and oxygen atoms in total. The number of rotatable bonds is 1. The van der Waals surface area contributed by atoms with Crippen molar-refractivity contribution >= 4 is 5.78 Å². The summed E-state index contributed by atoms with van der Waals surface area (Å²) in [7, 11) is 0. The Kier molecular flexibility index (Phi) is 1.75. The SMILES string of the molecule is CC(C)(O)C1=C[C@@H]2[C@H]3CC[C@H](C3)[C@@H]2C1=O. The van der Waals surface area contributed by atoms with Gasteiger partial charge in [0.2, 0.25) is 0 Å². The van der Waals surface area contributed by atoms with Gasteiger partial charge in [0.05, 0.1) is 5.60 Å². The van der Waals surface area contributed by atoms with Gasteiger partial charge in [-0.1, -0.05) is 6.08 Å². The van der Waals surface area contributed by atoms with Crippen molar-refractivity contribution in [2.45, 2.75) is 38.7 Å². The van der Waals surface area contributed by atoms with E-state index in [0.29, 0.717) is 17.4 Å². The quantitative estimate of drug-likeness (QED) is 0.711. The predicted molar refractivity (Wildman–Crippen MR) is 57.2 cm³/mol. The summed E-state index contributed by atoms with van der Waals surface area (Å²) in [5.74, 6) is 2.26. The number of Topliss-reactive ketones (excluding diaryl/α,β-unsaturated/α-hetero) is 1. The fourth-order valence-corrected chi connectivity index (χ4v) is 3.92. The first-order chi connectivity index (χ1) is 6.98. The summed E-state index contributed by atoms with van der Waals surface area (Å²) in [4.78, 5) is 12.2. The highest BCUT2D eigenvalue weighted by Gasteiger charge is 2.54. The van der Waals surface area contributed by atoms with Crippen LogP contribution in [0.5, 0.6) is 0 Å². The second-order valence-electron chi connectivity index (χ2n) is 5.94. The fraction of sp³-hybridized carbons (Fsp3) is 0.769. The van der Waals surface area contributed by atoms with Crippen molar-refractivity contribution in [1.29, 1.82) is 0 Å². The van der Waals surface area contributed by atoms with E-state index in [0.717, 1.165) is 5.92 Å². The second-order valence-corrected chi connectivity index (χ2v) is 5.94. The van der Waals surface area contributed by atoms with Gasteiger partial charge in [-0.2, -0.15) is 0 Å². The zero-order chi connectivity index (χ0) is 10.8. The highest BCUT2D eigenvalue weighted by atomic mass is 16.3. The van der Waals surface area contributed by atoms with Crippen molar-refractivity contribution in [1.82, 2.24) is 0 Å². The van der Waals surface area contributed by atoms with Crippen LogP contribution >= 0.6 is 0 Å². The molecule has 0 radical (unpaired) electrons. The first kappa shape index (κ1) is 9.59. The predicted octanol–water partition coefficient (Wildman–Crippen LogP) is 1.93. The lowest BCUT2D eigenvalue weighted by Crippen LogP contribution is -2.30. The number of ketones is 1. The molecular weight excluding hydrogens is 188 g/mol. The van der Waals surface area contributed by atoms with Gasteiger partial charge in [0.15, 0.2) is 5.78 Å². The summed E-state index contributed by atoms with van der Waals surface area (Å²) in [5, 5.41) is 9.95. The molecule has 2 heteroatoms. The number of carbonyl (C=O) groups excluding carboxylic acids is 1. The van der Waals surface area contributed by atoms with E-state index in [9.17, 15) is 9.90 Å². The second kappa shape index (κ2) is 2.73. The Morgan fingerprint density at radius 2 is 2.00 bits per heavy atom. The topological polar surface area (TPSA) is 37.3 Å². The van der Waals surface area contributed by atoms with Crippen LogP contribution in [0.15, 0.2) is 11.6 Å². The minimum atomic E-state index is -0.944. The van der Waals surface area contributed by atoms with Crippen LogP contribution in [-0.2, 0) is 4.79 Å². The van der Waals surface area contributed by atoms with Crippen LogP contribution in [0.25, 0.3) is 0 Å². The number of allylic oxidation sites excluding steroid dienone is 1. The van der Waals surface area contributed by atoms with Crippen molar-refractivity contribution in [2.75, 3.05) is 0 Å². The Balaban J connectivity index is 1.97. The van der Waals surface area contributed by atoms with E-state index in [4.69, 9.17) is 0 Å². The van der Waals surface area contributed by atoms with Crippen LogP contribution in [0.2, 0.25) is 0 Å². The Morgan fingerprint density at radius 3 is 2.60 bits per heavy atom. The maximum atomic E-state index is 12.2. The van der Waals surface area contributed by atoms with Gasteiger partial charge >= 0.3 is 0 Å². The molecule has 0 saturated heterocycles. The standard InChI is InChI=1S/C13H18O2/c1-13(2,15)10-6-9-7-3-4-8(5-7)11(9)12(10)14/h6-9,11,15H,3-5H2,1-2H3/t7-,8+,9+,11-/m0/s1. The van der Waals surface area contributed by atoms with Gasteiger partial charge < -0.3 is 5.11 Å². The average Bonchev–Trinajstić information content (AvgIpc) is 2.73. The number of hydrogen-bond acceptors (Lipinski definition) is 2. The molecule has 2 bridgehead atoms. The van der Waals surface area contributed by atoms with Gasteiger partial charge in [0, 0.05) is 11.5 Å².